The fourth-order valence-corrected chi connectivity index (χ4v) is 1.55. The van der Waals surface area contributed by atoms with Crippen LogP contribution in [0.2, 0.25) is 0 Å². The number of amides is 1. The molecule has 6 heteroatoms. The molecule has 0 saturated carbocycles. The summed E-state index contributed by atoms with van der Waals surface area (Å²) >= 11 is 1.82. The standard InChI is InChI=1S/C10H19NO4S/c1-16-6-4-2-3-5-11-9(12)7-15-8-10(13)14/h2-8H2,1H3,(H,11,12)(H,13,14). The molecule has 94 valence electrons. The summed E-state index contributed by atoms with van der Waals surface area (Å²) in [5, 5.41) is 10.9. The van der Waals surface area contributed by atoms with E-state index in [1.165, 1.54) is 0 Å². The average Bonchev–Trinajstić information content (AvgIpc) is 2.22. The molecule has 0 heterocycles. The number of unbranched alkanes of at least 4 members (excludes halogenated alkanes) is 2. The van der Waals surface area contributed by atoms with Gasteiger partial charge in [0.25, 0.3) is 0 Å². The van der Waals surface area contributed by atoms with E-state index < -0.39 is 12.6 Å². The van der Waals surface area contributed by atoms with Gasteiger partial charge < -0.3 is 15.2 Å². The van der Waals surface area contributed by atoms with Gasteiger partial charge >= 0.3 is 5.97 Å². The first-order valence-corrected chi connectivity index (χ1v) is 6.61. The molecule has 2 N–H and O–H groups in total. The van der Waals surface area contributed by atoms with Gasteiger partial charge in [-0.3, -0.25) is 4.79 Å². The number of carboxylic acid groups (broad SMARTS) is 1. The second-order valence-corrected chi connectivity index (χ2v) is 4.28. The molecule has 16 heavy (non-hydrogen) atoms. The highest BCUT2D eigenvalue weighted by Gasteiger charge is 2.02. The number of carboxylic acids is 1. The molecule has 0 unspecified atom stereocenters. The molecule has 0 aliphatic heterocycles. The van der Waals surface area contributed by atoms with Crippen molar-refractivity contribution >= 4 is 23.6 Å². The fraction of sp³-hybridized carbons (Fsp3) is 0.800. The van der Waals surface area contributed by atoms with Gasteiger partial charge in [-0.25, -0.2) is 4.79 Å². The molecular weight excluding hydrogens is 230 g/mol. The largest absolute Gasteiger partial charge is 0.480 e. The van der Waals surface area contributed by atoms with Crippen LogP contribution in [0, 0.1) is 0 Å². The van der Waals surface area contributed by atoms with Crippen LogP contribution in [0.3, 0.4) is 0 Å². The number of rotatable bonds is 10. The molecule has 0 aliphatic rings. The minimum atomic E-state index is -1.06. The Morgan fingerprint density at radius 2 is 2.00 bits per heavy atom. The van der Waals surface area contributed by atoms with Crippen LogP contribution in [0.4, 0.5) is 0 Å². The monoisotopic (exact) mass is 249 g/mol. The summed E-state index contributed by atoms with van der Waals surface area (Å²) in [7, 11) is 0. The number of nitrogens with one attached hydrogen (secondary N) is 1. The third-order valence-corrected chi connectivity index (χ3v) is 2.50. The lowest BCUT2D eigenvalue weighted by molar-refractivity contribution is -0.143. The highest BCUT2D eigenvalue weighted by atomic mass is 32.2. The van der Waals surface area contributed by atoms with Crippen LogP contribution in [-0.2, 0) is 14.3 Å². The average molecular weight is 249 g/mol. The van der Waals surface area contributed by atoms with Gasteiger partial charge in [-0.05, 0) is 24.9 Å². The summed E-state index contributed by atoms with van der Waals surface area (Å²) in [6, 6.07) is 0. The van der Waals surface area contributed by atoms with Crippen molar-refractivity contribution in [2.75, 3.05) is 31.8 Å². The molecule has 5 nitrogen and oxygen atoms in total. The zero-order chi connectivity index (χ0) is 12.2. The molecule has 0 aromatic rings. The molecular formula is C10H19NO4S. The molecule has 1 amide bonds. The number of carbonyl (C=O) groups is 2. The highest BCUT2D eigenvalue weighted by Crippen LogP contribution is 2.01. The van der Waals surface area contributed by atoms with Gasteiger partial charge in [-0.1, -0.05) is 6.42 Å². The molecule has 0 fully saturated rings. The van der Waals surface area contributed by atoms with Crippen molar-refractivity contribution in [3.05, 3.63) is 0 Å². The van der Waals surface area contributed by atoms with Crippen molar-refractivity contribution in [3.8, 4) is 0 Å². The minimum absolute atomic E-state index is 0.183. The van der Waals surface area contributed by atoms with E-state index in [4.69, 9.17) is 5.11 Å². The third kappa shape index (κ3) is 11.3. The number of thioether (sulfide) groups is 1. The van der Waals surface area contributed by atoms with Gasteiger partial charge in [0.05, 0.1) is 0 Å². The van der Waals surface area contributed by atoms with Crippen molar-refractivity contribution in [1.29, 1.82) is 0 Å². The second kappa shape index (κ2) is 10.8. The van der Waals surface area contributed by atoms with Crippen molar-refractivity contribution in [3.63, 3.8) is 0 Å². The van der Waals surface area contributed by atoms with Crippen LogP contribution < -0.4 is 5.32 Å². The Morgan fingerprint density at radius 1 is 1.25 bits per heavy atom. The maximum absolute atomic E-state index is 11.1. The van der Waals surface area contributed by atoms with Crippen molar-refractivity contribution in [1.82, 2.24) is 5.32 Å². The van der Waals surface area contributed by atoms with Gasteiger partial charge in [-0.2, -0.15) is 11.8 Å². The van der Waals surface area contributed by atoms with Gasteiger partial charge in [0.15, 0.2) is 0 Å². The SMILES string of the molecule is CSCCCCCNC(=O)COCC(=O)O. The Kier molecular flexibility index (Phi) is 10.3. The van der Waals surface area contributed by atoms with Gasteiger partial charge in [0.1, 0.15) is 13.2 Å². The van der Waals surface area contributed by atoms with E-state index in [-0.39, 0.29) is 12.5 Å². The lowest BCUT2D eigenvalue weighted by atomic mass is 10.2. The van der Waals surface area contributed by atoms with E-state index in [0.29, 0.717) is 6.54 Å². The zero-order valence-corrected chi connectivity index (χ0v) is 10.3. The Hall–Kier alpha value is -0.750. The lowest BCUT2D eigenvalue weighted by Gasteiger charge is -2.04. The van der Waals surface area contributed by atoms with Crippen LogP contribution in [0.15, 0.2) is 0 Å². The highest BCUT2D eigenvalue weighted by molar-refractivity contribution is 7.98. The molecule has 0 aliphatic carbocycles. The van der Waals surface area contributed by atoms with E-state index in [0.717, 1.165) is 25.0 Å². The summed E-state index contributed by atoms with van der Waals surface area (Å²) in [4.78, 5) is 21.2. The van der Waals surface area contributed by atoms with Crippen LogP contribution in [-0.4, -0.2) is 48.8 Å². The fourth-order valence-electron chi connectivity index (χ4n) is 1.06. The summed E-state index contributed by atoms with van der Waals surface area (Å²) in [5.41, 5.74) is 0. The molecule has 0 radical (unpaired) electrons. The zero-order valence-electron chi connectivity index (χ0n) is 9.53. The quantitative estimate of drug-likeness (QED) is 0.558. The van der Waals surface area contributed by atoms with Gasteiger partial charge in [-0.15, -0.1) is 0 Å². The van der Waals surface area contributed by atoms with Gasteiger partial charge in [0.2, 0.25) is 5.91 Å². The molecule has 0 bridgehead atoms. The molecule has 0 aromatic heterocycles. The predicted octanol–water partition coefficient (Wildman–Crippen LogP) is 0.737. The number of hydrogen-bond acceptors (Lipinski definition) is 4. The first-order valence-electron chi connectivity index (χ1n) is 5.22. The minimum Gasteiger partial charge on any atom is -0.480 e. The van der Waals surface area contributed by atoms with Crippen LogP contribution >= 0.6 is 11.8 Å². The molecule has 0 spiro atoms. The Balaban J connectivity index is 3.20. The van der Waals surface area contributed by atoms with E-state index in [1.54, 1.807) is 0 Å². The normalized spacial score (nSPS) is 10.1. The number of hydrogen-bond donors (Lipinski definition) is 2. The summed E-state index contributed by atoms with van der Waals surface area (Å²) in [5.74, 6) is -0.175. The summed E-state index contributed by atoms with van der Waals surface area (Å²) < 4.78 is 4.64. The Morgan fingerprint density at radius 3 is 2.62 bits per heavy atom. The maximum Gasteiger partial charge on any atom is 0.329 e. The number of aliphatic carboxylic acids is 1. The lowest BCUT2D eigenvalue weighted by Crippen LogP contribution is -2.29. The van der Waals surface area contributed by atoms with Crippen LogP contribution in [0.5, 0.6) is 0 Å². The van der Waals surface area contributed by atoms with Gasteiger partial charge in [0, 0.05) is 6.54 Å². The van der Waals surface area contributed by atoms with Crippen LogP contribution in [0.1, 0.15) is 19.3 Å². The van der Waals surface area contributed by atoms with E-state index in [9.17, 15) is 9.59 Å². The predicted molar refractivity (Wildman–Crippen MR) is 63.7 cm³/mol. The van der Waals surface area contributed by atoms with E-state index >= 15 is 0 Å². The maximum atomic E-state index is 11.1. The molecule has 0 atom stereocenters. The first-order chi connectivity index (χ1) is 7.66. The van der Waals surface area contributed by atoms with E-state index in [2.05, 4.69) is 16.3 Å². The second-order valence-electron chi connectivity index (χ2n) is 3.29. The Labute approximate surface area is 99.9 Å². The van der Waals surface area contributed by atoms with Crippen molar-refractivity contribution in [2.45, 2.75) is 19.3 Å². The van der Waals surface area contributed by atoms with Crippen molar-refractivity contribution < 1.29 is 19.4 Å². The van der Waals surface area contributed by atoms with Crippen molar-refractivity contribution in [2.24, 2.45) is 0 Å². The summed E-state index contributed by atoms with van der Waals surface area (Å²) in [6.07, 6.45) is 5.27. The number of carbonyl (C=O) groups excluding carboxylic acids is 1. The number of ether oxygens (including phenoxy) is 1. The topological polar surface area (TPSA) is 75.6 Å². The third-order valence-electron chi connectivity index (χ3n) is 1.81. The molecule has 0 rings (SSSR count). The van der Waals surface area contributed by atoms with Crippen LogP contribution in [0.25, 0.3) is 0 Å². The molecule has 0 saturated heterocycles. The summed E-state index contributed by atoms with van der Waals surface area (Å²) in [6.45, 7) is 0.0158. The first kappa shape index (κ1) is 15.2. The molecule has 0 aromatic carbocycles. The smallest absolute Gasteiger partial charge is 0.329 e. The Bertz CT molecular complexity index is 211. The van der Waals surface area contributed by atoms with E-state index in [1.807, 2.05) is 11.8 Å².